The second-order valence-electron chi connectivity index (χ2n) is 1.63. The molecule has 3 heteroatoms. The molecule has 0 aliphatic rings. The van der Waals surface area contributed by atoms with Crippen LogP contribution in [0.25, 0.3) is 0 Å². The Labute approximate surface area is 67.7 Å². The number of hydrogen-bond acceptors (Lipinski definition) is 2. The first-order valence-corrected chi connectivity index (χ1v) is 3.07. The van der Waals surface area contributed by atoms with E-state index in [1.54, 1.807) is 13.0 Å². The molecule has 0 aromatic heterocycles. The van der Waals surface area contributed by atoms with Crippen LogP contribution in [-0.2, 0) is 9.53 Å². The highest BCUT2D eigenvalue weighted by Gasteiger charge is 1.96. The van der Waals surface area contributed by atoms with E-state index in [0.717, 1.165) is 0 Å². The van der Waals surface area contributed by atoms with Crippen LogP contribution < -0.4 is 0 Å². The van der Waals surface area contributed by atoms with E-state index < -0.39 is 0 Å². The Morgan fingerprint density at radius 1 is 1.70 bits per heavy atom. The van der Waals surface area contributed by atoms with Crippen LogP contribution in [0.3, 0.4) is 0 Å². The second kappa shape index (κ2) is 8.50. The summed E-state index contributed by atoms with van der Waals surface area (Å²) in [6, 6.07) is 0. The molecule has 0 fully saturated rings. The average Bonchev–Trinajstić information content (AvgIpc) is 1.85. The molecule has 0 saturated carbocycles. The standard InChI is InChI=1S/C7H12O2.ClH/c1-3-5-6-7(8)9-4-2;/h3H,1,4-6H2,2H3;1H. The minimum atomic E-state index is -0.141. The molecule has 0 radical (unpaired) electrons. The summed E-state index contributed by atoms with van der Waals surface area (Å²) >= 11 is 0. The number of allylic oxidation sites excluding steroid dienone is 1. The van der Waals surface area contributed by atoms with Crippen LogP contribution in [0.15, 0.2) is 12.7 Å². The van der Waals surface area contributed by atoms with Gasteiger partial charge in [-0.15, -0.1) is 19.0 Å². The van der Waals surface area contributed by atoms with Crippen molar-refractivity contribution in [3.05, 3.63) is 12.7 Å². The first-order valence-electron chi connectivity index (χ1n) is 3.07. The molecule has 60 valence electrons. The van der Waals surface area contributed by atoms with Gasteiger partial charge in [0.1, 0.15) is 0 Å². The fraction of sp³-hybridized carbons (Fsp3) is 0.571. The van der Waals surface area contributed by atoms with Crippen molar-refractivity contribution >= 4 is 18.4 Å². The number of carbonyl (C=O) groups excluding carboxylic acids is 1. The van der Waals surface area contributed by atoms with Gasteiger partial charge in [0.25, 0.3) is 0 Å². The van der Waals surface area contributed by atoms with Gasteiger partial charge in [-0.1, -0.05) is 6.08 Å². The van der Waals surface area contributed by atoms with E-state index in [4.69, 9.17) is 0 Å². The van der Waals surface area contributed by atoms with Crippen LogP contribution in [0, 0.1) is 0 Å². The van der Waals surface area contributed by atoms with E-state index in [9.17, 15) is 4.79 Å². The van der Waals surface area contributed by atoms with Crippen LogP contribution in [-0.4, -0.2) is 12.6 Å². The van der Waals surface area contributed by atoms with Gasteiger partial charge in [0, 0.05) is 6.42 Å². The molecule has 0 unspecified atom stereocenters. The van der Waals surface area contributed by atoms with E-state index in [1.807, 2.05) is 0 Å². The van der Waals surface area contributed by atoms with E-state index in [1.165, 1.54) is 0 Å². The fourth-order valence-electron chi connectivity index (χ4n) is 0.453. The van der Waals surface area contributed by atoms with Crippen LogP contribution in [0.1, 0.15) is 19.8 Å². The minimum Gasteiger partial charge on any atom is -0.466 e. The molecule has 0 aromatic rings. The highest BCUT2D eigenvalue weighted by atomic mass is 35.5. The molecule has 0 heterocycles. The van der Waals surface area contributed by atoms with Crippen LogP contribution in [0.2, 0.25) is 0 Å². The van der Waals surface area contributed by atoms with Crippen molar-refractivity contribution in [3.8, 4) is 0 Å². The highest BCUT2D eigenvalue weighted by Crippen LogP contribution is 1.91. The predicted molar refractivity (Wildman–Crippen MR) is 43.3 cm³/mol. The maximum Gasteiger partial charge on any atom is 0.306 e. The zero-order valence-electron chi connectivity index (χ0n) is 6.13. The van der Waals surface area contributed by atoms with E-state index in [-0.39, 0.29) is 18.4 Å². The molecule has 0 aliphatic carbocycles. The van der Waals surface area contributed by atoms with Crippen molar-refractivity contribution in [1.82, 2.24) is 0 Å². The summed E-state index contributed by atoms with van der Waals surface area (Å²) in [6.07, 6.45) is 2.87. The molecular weight excluding hydrogens is 152 g/mol. The summed E-state index contributed by atoms with van der Waals surface area (Å²) in [7, 11) is 0. The van der Waals surface area contributed by atoms with Crippen molar-refractivity contribution in [1.29, 1.82) is 0 Å². The molecule has 0 amide bonds. The Morgan fingerprint density at radius 3 is 2.70 bits per heavy atom. The smallest absolute Gasteiger partial charge is 0.306 e. The van der Waals surface area contributed by atoms with Crippen molar-refractivity contribution in [3.63, 3.8) is 0 Å². The number of ether oxygens (including phenoxy) is 1. The van der Waals surface area contributed by atoms with E-state index >= 15 is 0 Å². The van der Waals surface area contributed by atoms with E-state index in [2.05, 4.69) is 11.3 Å². The molecule has 0 spiro atoms. The van der Waals surface area contributed by atoms with Gasteiger partial charge in [-0.05, 0) is 13.3 Å². The Kier molecular flexibility index (Phi) is 10.4. The molecule has 0 saturated heterocycles. The quantitative estimate of drug-likeness (QED) is 0.469. The largest absolute Gasteiger partial charge is 0.466 e. The lowest BCUT2D eigenvalue weighted by atomic mass is 10.3. The maximum absolute atomic E-state index is 10.5. The van der Waals surface area contributed by atoms with Crippen LogP contribution in [0.5, 0.6) is 0 Å². The number of halogens is 1. The van der Waals surface area contributed by atoms with Crippen molar-refractivity contribution in [2.24, 2.45) is 0 Å². The molecule has 10 heavy (non-hydrogen) atoms. The van der Waals surface area contributed by atoms with Gasteiger partial charge in [-0.25, -0.2) is 0 Å². The Bertz CT molecular complexity index is 102. The number of esters is 1. The third-order valence-electron chi connectivity index (χ3n) is 0.858. The molecule has 0 atom stereocenters. The van der Waals surface area contributed by atoms with Crippen molar-refractivity contribution in [2.45, 2.75) is 19.8 Å². The summed E-state index contributed by atoms with van der Waals surface area (Å²) in [4.78, 5) is 10.5. The first kappa shape index (κ1) is 12.2. The van der Waals surface area contributed by atoms with Gasteiger partial charge < -0.3 is 4.74 Å². The van der Waals surface area contributed by atoms with Crippen molar-refractivity contribution in [2.75, 3.05) is 6.61 Å². The Balaban J connectivity index is 0. The normalized spacial score (nSPS) is 7.70. The Hall–Kier alpha value is -0.500. The number of hydrogen-bond donors (Lipinski definition) is 0. The second-order valence-corrected chi connectivity index (χ2v) is 1.63. The molecule has 0 bridgehead atoms. The topological polar surface area (TPSA) is 26.3 Å². The summed E-state index contributed by atoms with van der Waals surface area (Å²) in [5.41, 5.74) is 0. The summed E-state index contributed by atoms with van der Waals surface area (Å²) in [5, 5.41) is 0. The minimum absolute atomic E-state index is 0. The zero-order valence-corrected chi connectivity index (χ0v) is 6.95. The highest BCUT2D eigenvalue weighted by molar-refractivity contribution is 5.85. The lowest BCUT2D eigenvalue weighted by Gasteiger charge is -1.96. The van der Waals surface area contributed by atoms with Gasteiger partial charge in [0.15, 0.2) is 0 Å². The third kappa shape index (κ3) is 7.50. The monoisotopic (exact) mass is 164 g/mol. The van der Waals surface area contributed by atoms with Gasteiger partial charge in [0.2, 0.25) is 0 Å². The number of carbonyl (C=O) groups is 1. The lowest BCUT2D eigenvalue weighted by molar-refractivity contribution is -0.142. The predicted octanol–water partition coefficient (Wildman–Crippen LogP) is 1.94. The van der Waals surface area contributed by atoms with Gasteiger partial charge in [0.05, 0.1) is 6.61 Å². The Morgan fingerprint density at radius 2 is 2.30 bits per heavy atom. The zero-order chi connectivity index (χ0) is 7.11. The average molecular weight is 165 g/mol. The van der Waals surface area contributed by atoms with E-state index in [0.29, 0.717) is 19.4 Å². The summed E-state index contributed by atoms with van der Waals surface area (Å²) in [5.74, 6) is -0.141. The van der Waals surface area contributed by atoms with Gasteiger partial charge >= 0.3 is 5.97 Å². The molecule has 2 nitrogen and oxygen atoms in total. The molecule has 0 rings (SSSR count). The van der Waals surface area contributed by atoms with Gasteiger partial charge in [-0.2, -0.15) is 0 Å². The molecule has 0 N–H and O–H groups in total. The SMILES string of the molecule is C=CCCC(=O)OCC.Cl. The molecular formula is C7H13ClO2. The fourth-order valence-corrected chi connectivity index (χ4v) is 0.453. The summed E-state index contributed by atoms with van der Waals surface area (Å²) in [6.45, 7) is 5.75. The third-order valence-corrected chi connectivity index (χ3v) is 0.858. The van der Waals surface area contributed by atoms with Gasteiger partial charge in [-0.3, -0.25) is 4.79 Å². The van der Waals surface area contributed by atoms with Crippen LogP contribution >= 0.6 is 12.4 Å². The maximum atomic E-state index is 10.5. The molecule has 0 aliphatic heterocycles. The first-order chi connectivity index (χ1) is 4.31. The van der Waals surface area contributed by atoms with Crippen molar-refractivity contribution < 1.29 is 9.53 Å². The number of rotatable bonds is 4. The summed E-state index contributed by atoms with van der Waals surface area (Å²) < 4.78 is 4.66. The van der Waals surface area contributed by atoms with Crippen LogP contribution in [0.4, 0.5) is 0 Å². The lowest BCUT2D eigenvalue weighted by Crippen LogP contribution is -2.02. The molecule has 0 aromatic carbocycles.